The van der Waals surface area contributed by atoms with Crippen molar-refractivity contribution in [1.29, 1.82) is 0 Å². The van der Waals surface area contributed by atoms with Crippen molar-refractivity contribution in [1.82, 2.24) is 5.32 Å². The lowest BCUT2D eigenvalue weighted by atomic mass is 9.95. The predicted octanol–water partition coefficient (Wildman–Crippen LogP) is 3.66. The van der Waals surface area contributed by atoms with Crippen LogP contribution >= 0.6 is 0 Å². The van der Waals surface area contributed by atoms with Crippen LogP contribution in [0.15, 0.2) is 24.3 Å². The number of hydrogen-bond acceptors (Lipinski definition) is 3. The molecule has 1 aromatic rings. The van der Waals surface area contributed by atoms with E-state index in [0.717, 1.165) is 25.7 Å². The topological polar surface area (TPSA) is 67.4 Å². The van der Waals surface area contributed by atoms with Crippen molar-refractivity contribution in [3.8, 4) is 0 Å². The Morgan fingerprint density at radius 1 is 1.15 bits per heavy atom. The molecular weight excluding hydrogens is 349 g/mol. The molecule has 2 N–H and O–H groups in total. The summed E-state index contributed by atoms with van der Waals surface area (Å²) in [6, 6.07) is 6.39. The highest BCUT2D eigenvalue weighted by molar-refractivity contribution is 5.96. The molecule has 144 valence electrons. The summed E-state index contributed by atoms with van der Waals surface area (Å²) in [5, 5.41) is 5.45. The van der Waals surface area contributed by atoms with Crippen LogP contribution in [0.2, 0.25) is 0 Å². The molecule has 0 radical (unpaired) electrons. The molecule has 0 bridgehead atoms. The highest BCUT2D eigenvalue weighted by Crippen LogP contribution is 2.19. The number of carbonyl (C=O) groups is 2. The highest BCUT2D eigenvalue weighted by atomic mass is 19.4. The van der Waals surface area contributed by atoms with Crippen LogP contribution in [-0.2, 0) is 9.53 Å². The number of hydrogen-bond donors (Lipinski definition) is 2. The van der Waals surface area contributed by atoms with Crippen molar-refractivity contribution in [3.63, 3.8) is 0 Å². The second-order valence-electron chi connectivity index (χ2n) is 6.44. The van der Waals surface area contributed by atoms with Crippen LogP contribution in [-0.4, -0.2) is 36.7 Å². The average Bonchev–Trinajstić information content (AvgIpc) is 2.60. The van der Waals surface area contributed by atoms with Gasteiger partial charge in [-0.05, 0) is 44.0 Å². The van der Waals surface area contributed by atoms with E-state index in [1.165, 1.54) is 25.5 Å². The molecule has 1 aliphatic carbocycles. The summed E-state index contributed by atoms with van der Waals surface area (Å²) >= 11 is 0. The van der Waals surface area contributed by atoms with Gasteiger partial charge in [0.2, 0.25) is 0 Å². The summed E-state index contributed by atoms with van der Waals surface area (Å²) in [4.78, 5) is 24.0. The summed E-state index contributed by atoms with van der Waals surface area (Å²) < 4.78 is 40.8. The third-order valence-corrected chi connectivity index (χ3v) is 4.22. The normalized spacial score (nSPS) is 16.8. The van der Waals surface area contributed by atoms with Crippen molar-refractivity contribution in [2.45, 2.75) is 57.3 Å². The molecule has 5 nitrogen and oxygen atoms in total. The zero-order valence-corrected chi connectivity index (χ0v) is 14.6. The zero-order chi connectivity index (χ0) is 19.2. The van der Waals surface area contributed by atoms with Gasteiger partial charge in [-0.1, -0.05) is 19.3 Å². The van der Waals surface area contributed by atoms with Crippen LogP contribution in [0.3, 0.4) is 0 Å². The minimum Gasteiger partial charge on any atom is -0.359 e. The first-order chi connectivity index (χ1) is 12.2. The van der Waals surface area contributed by atoms with Gasteiger partial charge in [-0.2, -0.15) is 13.2 Å². The van der Waals surface area contributed by atoms with Crippen molar-refractivity contribution < 1.29 is 27.5 Å². The van der Waals surface area contributed by atoms with Gasteiger partial charge < -0.3 is 15.4 Å². The minimum absolute atomic E-state index is 0.170. The first kappa shape index (κ1) is 20.2. The van der Waals surface area contributed by atoms with Gasteiger partial charge in [0.25, 0.3) is 11.8 Å². The Balaban J connectivity index is 1.84. The van der Waals surface area contributed by atoms with Gasteiger partial charge in [0.05, 0.1) is 0 Å². The fourth-order valence-electron chi connectivity index (χ4n) is 2.76. The molecule has 1 atom stereocenters. The fourth-order valence-corrected chi connectivity index (χ4v) is 2.76. The molecule has 1 fully saturated rings. The van der Waals surface area contributed by atoms with Crippen molar-refractivity contribution in [2.75, 3.05) is 11.9 Å². The number of alkyl halides is 3. The Kier molecular flexibility index (Phi) is 7.02. The Morgan fingerprint density at radius 2 is 1.77 bits per heavy atom. The van der Waals surface area contributed by atoms with E-state index in [1.807, 2.05) is 0 Å². The second kappa shape index (κ2) is 9.02. The Hall–Kier alpha value is -2.09. The van der Waals surface area contributed by atoms with Crippen molar-refractivity contribution in [2.24, 2.45) is 0 Å². The summed E-state index contributed by atoms with van der Waals surface area (Å²) in [6.45, 7) is -0.241. The number of amides is 2. The third kappa shape index (κ3) is 6.67. The van der Waals surface area contributed by atoms with Crippen LogP contribution in [0.1, 0.15) is 49.4 Å². The second-order valence-corrected chi connectivity index (χ2v) is 6.44. The van der Waals surface area contributed by atoms with E-state index in [4.69, 9.17) is 0 Å². The first-order valence-corrected chi connectivity index (χ1v) is 8.65. The lowest BCUT2D eigenvalue weighted by Crippen LogP contribution is -2.36. The molecular formula is C18H23F3N2O3. The Morgan fingerprint density at radius 3 is 2.35 bits per heavy atom. The molecule has 8 heteroatoms. The van der Waals surface area contributed by atoms with Crippen LogP contribution in [0.4, 0.5) is 18.9 Å². The van der Waals surface area contributed by atoms with Crippen LogP contribution < -0.4 is 10.6 Å². The quantitative estimate of drug-likeness (QED) is 0.801. The highest BCUT2D eigenvalue weighted by Gasteiger charge is 2.30. The van der Waals surface area contributed by atoms with Gasteiger partial charge >= 0.3 is 6.18 Å². The summed E-state index contributed by atoms with van der Waals surface area (Å²) in [7, 11) is 0. The number of ether oxygens (including phenoxy) is 1. The number of halogens is 3. The smallest absolute Gasteiger partial charge is 0.359 e. The van der Waals surface area contributed by atoms with E-state index in [1.54, 1.807) is 12.1 Å². The van der Waals surface area contributed by atoms with Crippen LogP contribution in [0, 0.1) is 0 Å². The molecule has 1 saturated carbocycles. The van der Waals surface area contributed by atoms with E-state index < -0.39 is 24.8 Å². The lowest BCUT2D eigenvalue weighted by molar-refractivity contribution is -0.184. The summed E-state index contributed by atoms with van der Waals surface area (Å²) in [5.74, 6) is -0.856. The van der Waals surface area contributed by atoms with E-state index in [-0.39, 0.29) is 11.9 Å². The molecule has 0 aliphatic heterocycles. The first-order valence-electron chi connectivity index (χ1n) is 8.65. The van der Waals surface area contributed by atoms with Gasteiger partial charge in [-0.15, -0.1) is 0 Å². The average molecular weight is 372 g/mol. The van der Waals surface area contributed by atoms with Gasteiger partial charge in [0, 0.05) is 17.3 Å². The standard InChI is InChI=1S/C18H23F3N2O3/c1-12(26-11-18(19,20)21)16(24)22-15-9-7-13(8-10-15)17(25)23-14-5-3-2-4-6-14/h7-10,12,14H,2-6,11H2,1H3,(H,22,24)(H,23,25). The number of rotatable bonds is 6. The Bertz CT molecular complexity index is 611. The maximum atomic E-state index is 12.2. The molecule has 1 unspecified atom stereocenters. The zero-order valence-electron chi connectivity index (χ0n) is 14.6. The predicted molar refractivity (Wildman–Crippen MR) is 90.9 cm³/mol. The van der Waals surface area contributed by atoms with Crippen LogP contribution in [0.25, 0.3) is 0 Å². The van der Waals surface area contributed by atoms with Crippen molar-refractivity contribution in [3.05, 3.63) is 29.8 Å². The molecule has 1 aromatic carbocycles. The maximum Gasteiger partial charge on any atom is 0.411 e. The molecule has 2 amide bonds. The molecule has 0 saturated heterocycles. The molecule has 1 aliphatic rings. The van der Waals surface area contributed by atoms with E-state index in [9.17, 15) is 22.8 Å². The minimum atomic E-state index is -4.48. The number of nitrogens with one attached hydrogen (secondary N) is 2. The number of carbonyl (C=O) groups excluding carboxylic acids is 2. The number of benzene rings is 1. The number of anilines is 1. The molecule has 26 heavy (non-hydrogen) atoms. The molecule has 2 rings (SSSR count). The molecule has 0 aromatic heterocycles. The van der Waals surface area contributed by atoms with E-state index >= 15 is 0 Å². The maximum absolute atomic E-state index is 12.2. The SMILES string of the molecule is CC(OCC(F)(F)F)C(=O)Nc1ccc(C(=O)NC2CCCCC2)cc1. The Labute approximate surface area is 150 Å². The molecule has 0 spiro atoms. The van der Waals surface area contributed by atoms with Gasteiger partial charge in [0.1, 0.15) is 12.7 Å². The van der Waals surface area contributed by atoms with Crippen molar-refractivity contribution >= 4 is 17.5 Å². The van der Waals surface area contributed by atoms with E-state index in [0.29, 0.717) is 11.3 Å². The summed E-state index contributed by atoms with van der Waals surface area (Å²) in [6.07, 6.45) is -0.334. The van der Waals surface area contributed by atoms with Gasteiger partial charge in [-0.3, -0.25) is 9.59 Å². The largest absolute Gasteiger partial charge is 0.411 e. The lowest BCUT2D eigenvalue weighted by Gasteiger charge is -2.22. The third-order valence-electron chi connectivity index (χ3n) is 4.22. The van der Waals surface area contributed by atoms with E-state index in [2.05, 4.69) is 15.4 Å². The summed E-state index contributed by atoms with van der Waals surface area (Å²) in [5.41, 5.74) is 0.849. The monoisotopic (exact) mass is 372 g/mol. The van der Waals surface area contributed by atoms with Crippen LogP contribution in [0.5, 0.6) is 0 Å². The fraction of sp³-hybridized carbons (Fsp3) is 0.556. The van der Waals surface area contributed by atoms with Gasteiger partial charge in [-0.25, -0.2) is 0 Å². The molecule has 0 heterocycles. The van der Waals surface area contributed by atoms with Gasteiger partial charge in [0.15, 0.2) is 0 Å².